The van der Waals surface area contributed by atoms with E-state index >= 15 is 0 Å². The lowest BCUT2D eigenvalue weighted by atomic mass is 10.1. The van der Waals surface area contributed by atoms with E-state index in [1.54, 1.807) is 0 Å². The monoisotopic (exact) mass is 445 g/mol. The van der Waals surface area contributed by atoms with Crippen LogP contribution in [-0.4, -0.2) is 54.3 Å². The maximum absolute atomic E-state index is 6.17. The van der Waals surface area contributed by atoms with Gasteiger partial charge in [-0.2, -0.15) is 0 Å². The number of nitrogens with one attached hydrogen (secondary N) is 1. The Labute approximate surface area is 191 Å². The Morgan fingerprint density at radius 3 is 2.50 bits per heavy atom. The van der Waals surface area contributed by atoms with E-state index in [1.807, 2.05) is 25.1 Å². The van der Waals surface area contributed by atoms with Crippen molar-refractivity contribution in [3.63, 3.8) is 0 Å². The SMILES string of the molecule is CCc1ccc(CN(CCCN2CCOCC2)C(=S)Nc2ccc(Cl)c(C)c2)cc1. The van der Waals surface area contributed by atoms with Crippen molar-refractivity contribution in [2.75, 3.05) is 44.7 Å². The zero-order valence-electron chi connectivity index (χ0n) is 18.0. The molecule has 0 bridgehead atoms. The topological polar surface area (TPSA) is 27.7 Å². The Morgan fingerprint density at radius 2 is 1.83 bits per heavy atom. The summed E-state index contributed by atoms with van der Waals surface area (Å²) in [6.07, 6.45) is 2.12. The van der Waals surface area contributed by atoms with Crippen LogP contribution in [-0.2, 0) is 17.7 Å². The van der Waals surface area contributed by atoms with E-state index in [4.69, 9.17) is 28.6 Å². The zero-order valence-corrected chi connectivity index (χ0v) is 19.6. The van der Waals surface area contributed by atoms with Crippen LogP contribution in [0.1, 0.15) is 30.0 Å². The summed E-state index contributed by atoms with van der Waals surface area (Å²) in [6.45, 7) is 10.7. The third kappa shape index (κ3) is 6.95. The number of nitrogens with zero attached hydrogens (tertiary/aromatic N) is 2. The van der Waals surface area contributed by atoms with E-state index in [9.17, 15) is 0 Å². The van der Waals surface area contributed by atoms with Crippen LogP contribution in [0.3, 0.4) is 0 Å². The van der Waals surface area contributed by atoms with Crippen molar-refractivity contribution in [1.29, 1.82) is 0 Å². The Hall–Kier alpha value is -1.66. The molecule has 6 heteroatoms. The van der Waals surface area contributed by atoms with Gasteiger partial charge in [-0.3, -0.25) is 4.90 Å². The van der Waals surface area contributed by atoms with Crippen LogP contribution in [0, 0.1) is 6.92 Å². The minimum atomic E-state index is 0.748. The summed E-state index contributed by atoms with van der Waals surface area (Å²) in [5, 5.41) is 4.92. The molecule has 1 saturated heterocycles. The highest BCUT2D eigenvalue weighted by atomic mass is 35.5. The Kier molecular flexibility index (Phi) is 8.94. The molecular weight excluding hydrogens is 414 g/mol. The maximum Gasteiger partial charge on any atom is 0.173 e. The first kappa shape index (κ1) is 23.0. The lowest BCUT2D eigenvalue weighted by molar-refractivity contribution is 0.0368. The molecule has 1 N–H and O–H groups in total. The van der Waals surface area contributed by atoms with Gasteiger partial charge in [0.05, 0.1) is 13.2 Å². The highest BCUT2D eigenvalue weighted by molar-refractivity contribution is 7.80. The summed E-state index contributed by atoms with van der Waals surface area (Å²) < 4.78 is 5.46. The van der Waals surface area contributed by atoms with E-state index in [1.165, 1.54) is 11.1 Å². The Balaban J connectivity index is 1.64. The molecule has 0 radical (unpaired) electrons. The maximum atomic E-state index is 6.17. The number of thiocarbonyl (C=S) groups is 1. The molecule has 0 unspecified atom stereocenters. The molecular formula is C24H32ClN3OS. The lowest BCUT2D eigenvalue weighted by Crippen LogP contribution is -2.40. The molecule has 3 rings (SSSR count). The van der Waals surface area contributed by atoms with Crippen molar-refractivity contribution in [3.05, 3.63) is 64.2 Å². The summed E-state index contributed by atoms with van der Waals surface area (Å²) >= 11 is 12.0. The predicted molar refractivity (Wildman–Crippen MR) is 131 cm³/mol. The first-order valence-electron chi connectivity index (χ1n) is 10.7. The van der Waals surface area contributed by atoms with Gasteiger partial charge in [-0.05, 0) is 66.9 Å². The largest absolute Gasteiger partial charge is 0.379 e. The van der Waals surface area contributed by atoms with Gasteiger partial charge in [0.25, 0.3) is 0 Å². The number of morpholine rings is 1. The Morgan fingerprint density at radius 1 is 1.13 bits per heavy atom. The number of rotatable bonds is 8. The van der Waals surface area contributed by atoms with Gasteiger partial charge in [0.1, 0.15) is 0 Å². The van der Waals surface area contributed by atoms with E-state index in [-0.39, 0.29) is 0 Å². The molecule has 0 aromatic heterocycles. The van der Waals surface area contributed by atoms with Crippen molar-refractivity contribution in [1.82, 2.24) is 9.80 Å². The number of halogens is 1. The lowest BCUT2D eigenvalue weighted by Gasteiger charge is -2.30. The van der Waals surface area contributed by atoms with Crippen LogP contribution in [0.15, 0.2) is 42.5 Å². The first-order valence-corrected chi connectivity index (χ1v) is 11.5. The van der Waals surface area contributed by atoms with E-state index in [2.05, 4.69) is 46.3 Å². The van der Waals surface area contributed by atoms with Crippen molar-refractivity contribution >= 4 is 34.6 Å². The fourth-order valence-corrected chi connectivity index (χ4v) is 3.98. The zero-order chi connectivity index (χ0) is 21.3. The van der Waals surface area contributed by atoms with Crippen molar-refractivity contribution in [2.45, 2.75) is 33.2 Å². The van der Waals surface area contributed by atoms with Gasteiger partial charge in [0.2, 0.25) is 0 Å². The highest BCUT2D eigenvalue weighted by Crippen LogP contribution is 2.20. The smallest absolute Gasteiger partial charge is 0.173 e. The highest BCUT2D eigenvalue weighted by Gasteiger charge is 2.14. The second-order valence-corrected chi connectivity index (χ2v) is 8.59. The molecule has 30 heavy (non-hydrogen) atoms. The summed E-state index contributed by atoms with van der Waals surface area (Å²) in [6, 6.07) is 14.8. The summed E-state index contributed by atoms with van der Waals surface area (Å²) in [5.74, 6) is 0. The molecule has 0 spiro atoms. The molecule has 2 aromatic carbocycles. The second-order valence-electron chi connectivity index (χ2n) is 7.79. The number of benzene rings is 2. The van der Waals surface area contributed by atoms with Crippen LogP contribution in [0.5, 0.6) is 0 Å². The molecule has 0 aliphatic carbocycles. The summed E-state index contributed by atoms with van der Waals surface area (Å²) in [7, 11) is 0. The fraction of sp³-hybridized carbons (Fsp3) is 0.458. The molecule has 162 valence electrons. The van der Waals surface area contributed by atoms with Crippen LogP contribution in [0.4, 0.5) is 5.69 Å². The van der Waals surface area contributed by atoms with Gasteiger partial charge < -0.3 is 15.0 Å². The third-order valence-electron chi connectivity index (χ3n) is 5.51. The van der Waals surface area contributed by atoms with Crippen LogP contribution < -0.4 is 5.32 Å². The number of anilines is 1. The normalized spacial score (nSPS) is 14.5. The van der Waals surface area contributed by atoms with Gasteiger partial charge in [-0.15, -0.1) is 0 Å². The van der Waals surface area contributed by atoms with Crippen LogP contribution in [0.2, 0.25) is 5.02 Å². The van der Waals surface area contributed by atoms with Crippen molar-refractivity contribution < 1.29 is 4.74 Å². The second kappa shape index (κ2) is 11.7. The molecule has 2 aromatic rings. The van der Waals surface area contributed by atoms with E-state index < -0.39 is 0 Å². The van der Waals surface area contributed by atoms with E-state index in [0.717, 1.165) is 80.2 Å². The average Bonchev–Trinajstić information content (AvgIpc) is 2.77. The molecule has 0 amide bonds. The van der Waals surface area contributed by atoms with E-state index in [0.29, 0.717) is 0 Å². The summed E-state index contributed by atoms with van der Waals surface area (Å²) in [4.78, 5) is 4.73. The molecule has 0 saturated carbocycles. The number of hydrogen-bond acceptors (Lipinski definition) is 3. The average molecular weight is 446 g/mol. The fourth-order valence-electron chi connectivity index (χ4n) is 3.59. The first-order chi connectivity index (χ1) is 14.5. The van der Waals surface area contributed by atoms with Crippen LogP contribution >= 0.6 is 23.8 Å². The molecule has 1 fully saturated rings. The molecule has 4 nitrogen and oxygen atoms in total. The Bertz CT molecular complexity index is 822. The van der Waals surface area contributed by atoms with Gasteiger partial charge in [-0.1, -0.05) is 42.8 Å². The quantitative estimate of drug-likeness (QED) is 0.568. The molecule has 1 aliphatic heterocycles. The standard InChI is InChI=1S/C24H32ClN3OS/c1-3-20-5-7-21(8-6-20)18-28(12-4-11-27-13-15-29-16-14-27)24(30)26-22-9-10-23(25)19(2)17-22/h5-10,17H,3-4,11-16,18H2,1-2H3,(H,26,30). The van der Waals surface area contributed by atoms with Crippen molar-refractivity contribution in [3.8, 4) is 0 Å². The van der Waals surface area contributed by atoms with Gasteiger partial charge in [0, 0.05) is 43.4 Å². The molecule has 1 heterocycles. The minimum absolute atomic E-state index is 0.748. The predicted octanol–water partition coefficient (Wildman–Crippen LogP) is 5.13. The van der Waals surface area contributed by atoms with Gasteiger partial charge >= 0.3 is 0 Å². The molecule has 1 aliphatic rings. The number of ether oxygens (including phenoxy) is 1. The minimum Gasteiger partial charge on any atom is -0.379 e. The molecule has 0 atom stereocenters. The number of aryl methyl sites for hydroxylation is 2. The third-order valence-corrected chi connectivity index (χ3v) is 6.29. The summed E-state index contributed by atoms with van der Waals surface area (Å²) in [5.41, 5.74) is 4.64. The van der Waals surface area contributed by atoms with Gasteiger partial charge in [-0.25, -0.2) is 0 Å². The van der Waals surface area contributed by atoms with Gasteiger partial charge in [0.15, 0.2) is 5.11 Å². The van der Waals surface area contributed by atoms with Crippen molar-refractivity contribution in [2.24, 2.45) is 0 Å². The number of hydrogen-bond donors (Lipinski definition) is 1. The van der Waals surface area contributed by atoms with Crippen LogP contribution in [0.25, 0.3) is 0 Å².